The smallest absolute Gasteiger partial charge is 0.410 e. The van der Waals surface area contributed by atoms with E-state index in [1.165, 1.54) is 6.08 Å². The second kappa shape index (κ2) is 10.5. The highest BCUT2D eigenvalue weighted by molar-refractivity contribution is 5.92. The Hall–Kier alpha value is -5.02. The molecule has 48 heavy (non-hydrogen) atoms. The van der Waals surface area contributed by atoms with Gasteiger partial charge in [-0.25, -0.2) is 4.79 Å². The zero-order valence-electron chi connectivity index (χ0n) is 26.5. The number of fused-ring (bicyclic) bond motifs is 3. The zero-order chi connectivity index (χ0) is 32.8. The summed E-state index contributed by atoms with van der Waals surface area (Å²) >= 11 is 0. The normalized spacial score (nSPS) is 27.6. The fourth-order valence-electron chi connectivity index (χ4n) is 9.63. The number of hydrogen-bond acceptors (Lipinski definition) is 7. The summed E-state index contributed by atoms with van der Waals surface area (Å²) in [5.41, 5.74) is 4.89. The molecule has 0 radical (unpaired) electrons. The van der Waals surface area contributed by atoms with Crippen LogP contribution >= 0.6 is 0 Å². The van der Waals surface area contributed by atoms with E-state index in [-0.39, 0.29) is 30.2 Å². The average molecular weight is 645 g/mol. The summed E-state index contributed by atoms with van der Waals surface area (Å²) in [5, 5.41) is 23.9. The number of furan rings is 1. The quantitative estimate of drug-likeness (QED) is 0.271. The molecule has 5 atom stereocenters. The Labute approximate surface area is 278 Å². The summed E-state index contributed by atoms with van der Waals surface area (Å²) in [5.74, 6) is 0.128. The molecule has 2 aliphatic heterocycles. The van der Waals surface area contributed by atoms with Crippen LogP contribution in [0.4, 0.5) is 4.79 Å². The van der Waals surface area contributed by atoms with Crippen LogP contribution in [0.1, 0.15) is 53.0 Å². The maximum Gasteiger partial charge on any atom is 0.410 e. The van der Waals surface area contributed by atoms with Crippen LogP contribution in [0.25, 0.3) is 17.2 Å². The lowest BCUT2D eigenvalue weighted by Gasteiger charge is -2.64. The molecule has 2 bridgehead atoms. The number of carbonyl (C=O) groups is 2. The Morgan fingerprint density at radius 1 is 1.04 bits per heavy atom. The molecule has 1 spiro atoms. The summed E-state index contributed by atoms with van der Waals surface area (Å²) in [7, 11) is 1.76. The second-order valence-electron chi connectivity index (χ2n) is 13.8. The number of aromatic hydroxyl groups is 1. The van der Waals surface area contributed by atoms with E-state index in [2.05, 4.69) is 24.3 Å². The third kappa shape index (κ3) is 3.88. The molecule has 1 saturated heterocycles. The SMILES string of the molecule is CN(C(=O)/C=C/c1ccoc1)[C@@H]1CC[C@@]2(O)[C@H]3Cc4ccc(O)c5c4[C@@]2(CCN3C(=O)OCC2c3ccccc3-c3ccccc32)[C@H]1O5. The van der Waals surface area contributed by atoms with Crippen LogP contribution in [0.15, 0.2) is 89.7 Å². The largest absolute Gasteiger partial charge is 0.504 e. The van der Waals surface area contributed by atoms with E-state index in [0.717, 1.165) is 38.9 Å². The van der Waals surface area contributed by atoms with Crippen LogP contribution in [-0.4, -0.2) is 76.0 Å². The number of aliphatic hydroxyl groups is 1. The van der Waals surface area contributed by atoms with Gasteiger partial charge in [0, 0.05) is 36.7 Å². The number of ether oxygens (including phenoxy) is 2. The maximum absolute atomic E-state index is 14.0. The highest BCUT2D eigenvalue weighted by Crippen LogP contribution is 2.66. The standard InChI is InChI=1S/C39H36N2O7/c1-40(33(43)13-10-23-15-19-46-21-23)30-14-16-39(45)32-20-24-11-12-31(42)35-34(24)38(39,36(30)48-35)17-18-41(32)37(44)47-22-29-27-8-4-2-6-25(27)26-7-3-5-9-28(26)29/h2-13,15,19,21,29-30,32,36,42,45H,14,16-18,20,22H2,1H3/b13-10+/t30-,32-,36+,38+,39-/m1/s1. The number of carbonyl (C=O) groups excluding carboxylic acids is 2. The molecule has 2 fully saturated rings. The van der Waals surface area contributed by atoms with Gasteiger partial charge in [-0.2, -0.15) is 0 Å². The van der Waals surface area contributed by atoms with Crippen LogP contribution < -0.4 is 4.74 Å². The van der Waals surface area contributed by atoms with E-state index >= 15 is 0 Å². The molecule has 1 aromatic heterocycles. The van der Waals surface area contributed by atoms with Crippen LogP contribution in [0.5, 0.6) is 11.5 Å². The van der Waals surface area contributed by atoms with Crippen LogP contribution in [0.3, 0.4) is 0 Å². The van der Waals surface area contributed by atoms with E-state index in [0.29, 0.717) is 38.0 Å². The van der Waals surface area contributed by atoms with Crippen molar-refractivity contribution in [3.8, 4) is 22.6 Å². The van der Waals surface area contributed by atoms with Crippen molar-refractivity contribution in [1.82, 2.24) is 9.80 Å². The zero-order valence-corrected chi connectivity index (χ0v) is 26.5. The monoisotopic (exact) mass is 644 g/mol. The molecule has 2 amide bonds. The second-order valence-corrected chi connectivity index (χ2v) is 13.8. The third-order valence-corrected chi connectivity index (χ3v) is 11.8. The molecule has 0 unspecified atom stereocenters. The lowest BCUT2D eigenvalue weighted by atomic mass is 9.48. The van der Waals surface area contributed by atoms with E-state index in [9.17, 15) is 19.8 Å². The first-order valence-corrected chi connectivity index (χ1v) is 16.6. The van der Waals surface area contributed by atoms with Gasteiger partial charge in [-0.15, -0.1) is 0 Å². The van der Waals surface area contributed by atoms with Crippen LogP contribution in [0, 0.1) is 0 Å². The van der Waals surface area contributed by atoms with Crippen molar-refractivity contribution >= 4 is 18.1 Å². The minimum atomic E-state index is -1.35. The number of piperidine rings is 1. The first kappa shape index (κ1) is 29.1. The summed E-state index contributed by atoms with van der Waals surface area (Å²) in [6.45, 7) is 0.546. The summed E-state index contributed by atoms with van der Waals surface area (Å²) < 4.78 is 17.9. The van der Waals surface area contributed by atoms with Crippen molar-refractivity contribution in [2.45, 2.75) is 60.8 Å². The van der Waals surface area contributed by atoms with Gasteiger partial charge in [0.05, 0.1) is 35.6 Å². The number of hydrogen-bond donors (Lipinski definition) is 2. The van der Waals surface area contributed by atoms with Crippen molar-refractivity contribution < 1.29 is 33.7 Å². The van der Waals surface area contributed by atoms with E-state index in [1.807, 2.05) is 30.3 Å². The molecule has 3 aliphatic carbocycles. The molecule has 5 aliphatic rings. The minimum Gasteiger partial charge on any atom is -0.504 e. The predicted octanol–water partition coefficient (Wildman–Crippen LogP) is 5.63. The van der Waals surface area contributed by atoms with Gasteiger partial charge < -0.3 is 33.9 Å². The highest BCUT2D eigenvalue weighted by atomic mass is 16.6. The molecule has 2 N–H and O–H groups in total. The van der Waals surface area contributed by atoms with Gasteiger partial charge in [0.15, 0.2) is 11.5 Å². The van der Waals surface area contributed by atoms with Gasteiger partial charge in [-0.1, -0.05) is 54.6 Å². The number of phenols is 1. The Morgan fingerprint density at radius 2 is 1.79 bits per heavy atom. The Bertz CT molecular complexity index is 1940. The predicted molar refractivity (Wildman–Crippen MR) is 177 cm³/mol. The molecular formula is C39H36N2O7. The Kier molecular flexibility index (Phi) is 6.37. The van der Waals surface area contributed by atoms with Crippen molar-refractivity contribution in [2.75, 3.05) is 20.2 Å². The molecule has 3 heterocycles. The lowest BCUT2D eigenvalue weighted by Crippen LogP contribution is -2.78. The molecular weight excluding hydrogens is 608 g/mol. The van der Waals surface area contributed by atoms with Crippen LogP contribution in [-0.2, 0) is 21.4 Å². The van der Waals surface area contributed by atoms with Gasteiger partial charge in [-0.05, 0) is 71.7 Å². The van der Waals surface area contributed by atoms with Gasteiger partial charge in [0.25, 0.3) is 0 Å². The average Bonchev–Trinajstić information content (AvgIpc) is 3.82. The fraction of sp³-hybridized carbons (Fsp3) is 0.333. The van der Waals surface area contributed by atoms with Crippen LogP contribution in [0.2, 0.25) is 0 Å². The van der Waals surface area contributed by atoms with Crippen molar-refractivity contribution in [3.63, 3.8) is 0 Å². The molecule has 4 aromatic rings. The van der Waals surface area contributed by atoms with E-state index in [1.54, 1.807) is 47.6 Å². The Morgan fingerprint density at radius 3 is 2.52 bits per heavy atom. The number of likely N-dealkylation sites (tertiary alicyclic amines) is 1. The summed E-state index contributed by atoms with van der Waals surface area (Å²) in [6.07, 6.45) is 6.92. The maximum atomic E-state index is 14.0. The fourth-order valence-corrected chi connectivity index (χ4v) is 9.63. The number of amides is 2. The first-order valence-electron chi connectivity index (χ1n) is 16.6. The third-order valence-electron chi connectivity index (χ3n) is 11.8. The van der Waals surface area contributed by atoms with E-state index in [4.69, 9.17) is 13.9 Å². The molecule has 9 nitrogen and oxygen atoms in total. The topological polar surface area (TPSA) is 113 Å². The molecule has 1 saturated carbocycles. The van der Waals surface area contributed by atoms with E-state index < -0.39 is 29.3 Å². The van der Waals surface area contributed by atoms with Gasteiger partial charge in [0.1, 0.15) is 12.7 Å². The summed E-state index contributed by atoms with van der Waals surface area (Å²) in [6, 6.07) is 20.8. The number of likely N-dealkylation sites (N-methyl/N-ethyl adjacent to an activating group) is 1. The minimum absolute atomic E-state index is 0.0184. The number of phenolic OH excluding ortho intramolecular Hbond substituents is 1. The molecule has 9 rings (SSSR count). The first-order chi connectivity index (χ1) is 23.3. The van der Waals surface area contributed by atoms with Crippen molar-refractivity contribution in [2.24, 2.45) is 0 Å². The van der Waals surface area contributed by atoms with Crippen molar-refractivity contribution in [1.29, 1.82) is 0 Å². The molecule has 9 heteroatoms. The molecule has 3 aromatic carbocycles. The summed E-state index contributed by atoms with van der Waals surface area (Å²) in [4.78, 5) is 30.9. The number of benzene rings is 3. The van der Waals surface area contributed by atoms with Gasteiger partial charge in [0.2, 0.25) is 5.91 Å². The van der Waals surface area contributed by atoms with Gasteiger partial charge in [-0.3, -0.25) is 4.79 Å². The Balaban J connectivity index is 1.02. The van der Waals surface area contributed by atoms with Crippen molar-refractivity contribution in [3.05, 3.63) is 113 Å². The number of nitrogens with zero attached hydrogens (tertiary/aromatic N) is 2. The van der Waals surface area contributed by atoms with Gasteiger partial charge >= 0.3 is 6.09 Å². The molecule has 244 valence electrons. The lowest BCUT2D eigenvalue weighted by molar-refractivity contribution is -0.194. The number of rotatable bonds is 5. The highest BCUT2D eigenvalue weighted by Gasteiger charge is 2.74.